The second kappa shape index (κ2) is 7.06. The van der Waals surface area contributed by atoms with Crippen LogP contribution in [0.3, 0.4) is 0 Å². The van der Waals surface area contributed by atoms with Gasteiger partial charge in [0.15, 0.2) is 5.17 Å². The van der Waals surface area contributed by atoms with Gasteiger partial charge >= 0.3 is 5.97 Å². The van der Waals surface area contributed by atoms with Gasteiger partial charge in [0.05, 0.1) is 23.2 Å². The highest BCUT2D eigenvalue weighted by Crippen LogP contribution is 2.22. The minimum Gasteiger partial charge on any atom is -0.481 e. The van der Waals surface area contributed by atoms with E-state index in [0.29, 0.717) is 16.1 Å². The number of nitrogens with one attached hydrogen (secondary N) is 1. The van der Waals surface area contributed by atoms with Crippen LogP contribution in [0.1, 0.15) is 17.5 Å². The number of carboxylic acid groups (broad SMARTS) is 1. The van der Waals surface area contributed by atoms with Crippen LogP contribution in [0.5, 0.6) is 0 Å². The van der Waals surface area contributed by atoms with E-state index in [-0.39, 0.29) is 11.6 Å². The first-order valence-electron chi connectivity index (χ1n) is 5.99. The van der Waals surface area contributed by atoms with Crippen molar-refractivity contribution >= 4 is 46.6 Å². The second-order valence-electron chi connectivity index (χ2n) is 4.19. The van der Waals surface area contributed by atoms with Crippen LogP contribution in [0.4, 0.5) is 0 Å². The minimum atomic E-state index is -1.05. The largest absolute Gasteiger partial charge is 0.481 e. The average molecular weight is 337 g/mol. The zero-order valence-electron chi connectivity index (χ0n) is 11.0. The van der Waals surface area contributed by atoms with E-state index >= 15 is 0 Å². The number of aliphatic carboxylic acids is 1. The molecule has 2 rings (SSSR count). The number of nitriles is 1. The Morgan fingerprint density at radius 1 is 1.59 bits per heavy atom. The van der Waals surface area contributed by atoms with Gasteiger partial charge in [-0.05, 0) is 17.7 Å². The zero-order valence-corrected chi connectivity index (χ0v) is 12.6. The van der Waals surface area contributed by atoms with Crippen LogP contribution in [0, 0.1) is 11.3 Å². The van der Waals surface area contributed by atoms with Gasteiger partial charge in [0.25, 0.3) is 0 Å². The van der Waals surface area contributed by atoms with Crippen LogP contribution >= 0.6 is 23.4 Å². The Hall–Kier alpha value is -2.37. The predicted molar refractivity (Wildman–Crippen MR) is 83.0 cm³/mol. The monoisotopic (exact) mass is 336 g/mol. The fourth-order valence-electron chi connectivity index (χ4n) is 1.60. The number of hydrogen-bond donors (Lipinski definition) is 2. The molecular formula is C13H9ClN4O3S. The molecule has 1 aliphatic heterocycles. The molecule has 1 saturated heterocycles. The zero-order chi connectivity index (χ0) is 16.1. The molecule has 1 atom stereocenters. The van der Waals surface area contributed by atoms with Crippen molar-refractivity contribution in [3.63, 3.8) is 0 Å². The van der Waals surface area contributed by atoms with Gasteiger partial charge in [0.2, 0.25) is 5.91 Å². The molecule has 1 unspecified atom stereocenters. The first-order chi connectivity index (χ1) is 10.5. The fourth-order valence-corrected chi connectivity index (χ4v) is 2.74. The molecule has 1 aromatic carbocycles. The number of carbonyl (C=O) groups is 2. The van der Waals surface area contributed by atoms with Gasteiger partial charge in [0.1, 0.15) is 11.3 Å². The summed E-state index contributed by atoms with van der Waals surface area (Å²) in [6, 6.07) is 6.73. The van der Waals surface area contributed by atoms with Gasteiger partial charge in [-0.2, -0.15) is 10.4 Å². The molecule has 0 aliphatic carbocycles. The second-order valence-corrected chi connectivity index (χ2v) is 5.79. The van der Waals surface area contributed by atoms with Crippen LogP contribution in [-0.4, -0.2) is 33.6 Å². The molecule has 0 radical (unpaired) electrons. The Kier molecular flexibility index (Phi) is 5.14. The summed E-state index contributed by atoms with van der Waals surface area (Å²) in [5, 5.41) is 27.4. The molecule has 9 heteroatoms. The lowest BCUT2D eigenvalue weighted by molar-refractivity contribution is -0.138. The van der Waals surface area contributed by atoms with Crippen molar-refractivity contribution in [3.8, 4) is 6.07 Å². The number of benzene rings is 1. The van der Waals surface area contributed by atoms with Crippen molar-refractivity contribution in [1.29, 1.82) is 5.26 Å². The van der Waals surface area contributed by atoms with E-state index in [1.807, 2.05) is 6.07 Å². The summed E-state index contributed by atoms with van der Waals surface area (Å²) in [7, 11) is 0. The third kappa shape index (κ3) is 4.07. The summed E-state index contributed by atoms with van der Waals surface area (Å²) in [5.74, 6) is -1.45. The highest BCUT2D eigenvalue weighted by atomic mass is 35.5. The molecule has 7 nitrogen and oxygen atoms in total. The average Bonchev–Trinajstić information content (AvgIpc) is 2.78. The molecule has 1 aromatic rings. The molecule has 1 heterocycles. The molecule has 112 valence electrons. The maximum Gasteiger partial charge on any atom is 0.305 e. The Morgan fingerprint density at radius 3 is 3.00 bits per heavy atom. The van der Waals surface area contributed by atoms with E-state index in [0.717, 1.165) is 11.8 Å². The smallest absolute Gasteiger partial charge is 0.305 e. The highest BCUT2D eigenvalue weighted by Gasteiger charge is 2.32. The number of amides is 1. The summed E-state index contributed by atoms with van der Waals surface area (Å²) in [6.45, 7) is 0. The van der Waals surface area contributed by atoms with E-state index in [1.165, 1.54) is 6.21 Å². The third-order valence-electron chi connectivity index (χ3n) is 2.61. The molecule has 1 aliphatic rings. The SMILES string of the molecule is N#Cc1ccc(C=NN=C2NC(=O)C(CC(=O)O)S2)cc1Cl. The lowest BCUT2D eigenvalue weighted by Gasteiger charge is -1.98. The number of hydrogen-bond acceptors (Lipinski definition) is 6. The minimum absolute atomic E-state index is 0.243. The number of carbonyl (C=O) groups excluding carboxylic acids is 1. The first-order valence-corrected chi connectivity index (χ1v) is 7.25. The van der Waals surface area contributed by atoms with Crippen molar-refractivity contribution in [2.24, 2.45) is 10.2 Å². The quantitative estimate of drug-likeness (QED) is 0.640. The maximum absolute atomic E-state index is 11.5. The van der Waals surface area contributed by atoms with E-state index < -0.39 is 17.1 Å². The Bertz CT molecular complexity index is 726. The van der Waals surface area contributed by atoms with E-state index in [9.17, 15) is 9.59 Å². The highest BCUT2D eigenvalue weighted by molar-refractivity contribution is 8.15. The summed E-state index contributed by atoms with van der Waals surface area (Å²) < 4.78 is 0. The van der Waals surface area contributed by atoms with Gasteiger partial charge in [-0.3, -0.25) is 9.59 Å². The van der Waals surface area contributed by atoms with Crippen molar-refractivity contribution in [2.75, 3.05) is 0 Å². The van der Waals surface area contributed by atoms with Crippen molar-refractivity contribution in [3.05, 3.63) is 34.3 Å². The molecule has 22 heavy (non-hydrogen) atoms. The number of nitrogens with zero attached hydrogens (tertiary/aromatic N) is 3. The van der Waals surface area contributed by atoms with Crippen molar-refractivity contribution in [1.82, 2.24) is 5.32 Å². The molecule has 0 spiro atoms. The summed E-state index contributed by atoms with van der Waals surface area (Å²) in [5.41, 5.74) is 1.00. The molecule has 2 N–H and O–H groups in total. The van der Waals surface area contributed by atoms with Crippen LogP contribution < -0.4 is 5.32 Å². The molecular weight excluding hydrogens is 328 g/mol. The number of amidine groups is 1. The van der Waals surface area contributed by atoms with Crippen LogP contribution in [0.15, 0.2) is 28.4 Å². The standard InChI is InChI=1S/C13H9ClN4O3S/c14-9-3-7(1-2-8(9)5-15)6-16-18-13-17-12(21)10(22-13)4-11(19)20/h1-3,6,10H,4H2,(H,19,20)(H,17,18,21). The molecule has 1 fully saturated rings. The van der Waals surface area contributed by atoms with Crippen molar-refractivity contribution in [2.45, 2.75) is 11.7 Å². The van der Waals surface area contributed by atoms with Gasteiger partial charge in [-0.15, -0.1) is 5.10 Å². The Morgan fingerprint density at radius 2 is 2.36 bits per heavy atom. The molecule has 0 aromatic heterocycles. The van der Waals surface area contributed by atoms with Gasteiger partial charge < -0.3 is 10.4 Å². The van der Waals surface area contributed by atoms with Gasteiger partial charge in [-0.25, -0.2) is 0 Å². The number of carboxylic acids is 1. The maximum atomic E-state index is 11.5. The van der Waals surface area contributed by atoms with Gasteiger partial charge in [0, 0.05) is 0 Å². The Balaban J connectivity index is 2.03. The van der Waals surface area contributed by atoms with Crippen LogP contribution in [0.2, 0.25) is 5.02 Å². The molecule has 1 amide bonds. The lowest BCUT2D eigenvalue weighted by atomic mass is 10.2. The van der Waals surface area contributed by atoms with Crippen molar-refractivity contribution < 1.29 is 14.7 Å². The lowest BCUT2D eigenvalue weighted by Crippen LogP contribution is -2.26. The van der Waals surface area contributed by atoms with Gasteiger partial charge in [-0.1, -0.05) is 29.4 Å². The molecule has 0 saturated carbocycles. The normalized spacial score (nSPS) is 19.4. The third-order valence-corrected chi connectivity index (χ3v) is 3.99. The van der Waals surface area contributed by atoms with E-state index in [2.05, 4.69) is 15.5 Å². The van der Waals surface area contributed by atoms with Crippen LogP contribution in [-0.2, 0) is 9.59 Å². The fraction of sp³-hybridized carbons (Fsp3) is 0.154. The number of halogens is 1. The molecule has 0 bridgehead atoms. The number of thioether (sulfide) groups is 1. The summed E-state index contributed by atoms with van der Waals surface area (Å²) in [4.78, 5) is 22.1. The van der Waals surface area contributed by atoms with Crippen LogP contribution in [0.25, 0.3) is 0 Å². The first kappa shape index (κ1) is 16.0. The predicted octanol–water partition coefficient (Wildman–Crippen LogP) is 1.61. The van der Waals surface area contributed by atoms with E-state index in [1.54, 1.807) is 18.2 Å². The summed E-state index contributed by atoms with van der Waals surface area (Å²) >= 11 is 6.90. The number of rotatable bonds is 4. The van der Waals surface area contributed by atoms with E-state index in [4.69, 9.17) is 22.0 Å². The summed E-state index contributed by atoms with van der Waals surface area (Å²) in [6.07, 6.45) is 1.14. The topological polar surface area (TPSA) is 115 Å². The Labute approximate surface area is 134 Å².